The van der Waals surface area contributed by atoms with Crippen molar-refractivity contribution in [2.24, 2.45) is 10.2 Å². The third kappa shape index (κ3) is 3.36. The molecule has 0 aliphatic rings. The molecule has 7 nitrogen and oxygen atoms in total. The van der Waals surface area contributed by atoms with E-state index in [9.17, 15) is 5.11 Å². The number of hydrogen-bond donors (Lipinski definition) is 1. The summed E-state index contributed by atoms with van der Waals surface area (Å²) in [5.41, 5.74) is 1.13. The highest BCUT2D eigenvalue weighted by molar-refractivity contribution is 5.69. The number of anilines is 1. The molecule has 0 fully saturated rings. The quantitative estimate of drug-likeness (QED) is 0.817. The van der Waals surface area contributed by atoms with E-state index < -0.39 is 0 Å². The SMILES string of the molecule is CCN(CC)c1cc(O)c(N=Nc2cc(C)on2)cc1OC. The van der Waals surface area contributed by atoms with E-state index in [1.807, 2.05) is 13.8 Å². The van der Waals surface area contributed by atoms with Crippen LogP contribution in [0.2, 0.25) is 0 Å². The fraction of sp³-hybridized carbons (Fsp3) is 0.400. The van der Waals surface area contributed by atoms with Crippen LogP contribution >= 0.6 is 0 Å². The molecule has 2 rings (SSSR count). The van der Waals surface area contributed by atoms with Crippen LogP contribution in [-0.4, -0.2) is 30.5 Å². The summed E-state index contributed by atoms with van der Waals surface area (Å²) < 4.78 is 10.3. The van der Waals surface area contributed by atoms with E-state index in [4.69, 9.17) is 9.26 Å². The molecule has 1 aromatic carbocycles. The molecule has 0 aliphatic carbocycles. The Kier molecular flexibility index (Phi) is 4.98. The Morgan fingerprint density at radius 1 is 1.23 bits per heavy atom. The summed E-state index contributed by atoms with van der Waals surface area (Å²) >= 11 is 0. The maximum Gasteiger partial charge on any atom is 0.216 e. The van der Waals surface area contributed by atoms with E-state index in [1.165, 1.54) is 0 Å². The molecule has 0 atom stereocenters. The number of methoxy groups -OCH3 is 1. The van der Waals surface area contributed by atoms with E-state index >= 15 is 0 Å². The van der Waals surface area contributed by atoms with Gasteiger partial charge in [-0.25, -0.2) is 0 Å². The monoisotopic (exact) mass is 304 g/mol. The molecular formula is C15H20N4O3. The summed E-state index contributed by atoms with van der Waals surface area (Å²) in [6.45, 7) is 7.48. The maximum absolute atomic E-state index is 10.2. The zero-order valence-electron chi connectivity index (χ0n) is 13.2. The van der Waals surface area contributed by atoms with Crippen LogP contribution in [0.25, 0.3) is 0 Å². The summed E-state index contributed by atoms with van der Waals surface area (Å²) in [6.07, 6.45) is 0. The van der Waals surface area contributed by atoms with Gasteiger partial charge < -0.3 is 19.3 Å². The Morgan fingerprint density at radius 3 is 2.50 bits per heavy atom. The molecule has 1 N–H and O–H groups in total. The van der Waals surface area contributed by atoms with Crippen LogP contribution in [0, 0.1) is 6.92 Å². The second-order valence-corrected chi connectivity index (χ2v) is 4.68. The van der Waals surface area contributed by atoms with Crippen molar-refractivity contribution in [2.45, 2.75) is 20.8 Å². The molecule has 1 heterocycles. The number of azo groups is 1. The Bertz CT molecular complexity index is 663. The zero-order valence-corrected chi connectivity index (χ0v) is 13.2. The van der Waals surface area contributed by atoms with E-state index in [0.29, 0.717) is 23.0 Å². The number of aryl methyl sites for hydroxylation is 1. The molecule has 0 saturated heterocycles. The molecule has 1 aromatic heterocycles. The maximum atomic E-state index is 10.2. The van der Waals surface area contributed by atoms with Crippen LogP contribution in [-0.2, 0) is 0 Å². The van der Waals surface area contributed by atoms with E-state index in [0.717, 1.165) is 18.8 Å². The third-order valence-corrected chi connectivity index (χ3v) is 3.26. The Labute approximate surface area is 129 Å². The van der Waals surface area contributed by atoms with Crippen molar-refractivity contribution >= 4 is 17.2 Å². The predicted octanol–water partition coefficient (Wildman–Crippen LogP) is 3.96. The Morgan fingerprint density at radius 2 is 1.95 bits per heavy atom. The number of hydrogen-bond acceptors (Lipinski definition) is 7. The second kappa shape index (κ2) is 6.93. The van der Waals surface area contributed by atoms with Gasteiger partial charge in [-0.15, -0.1) is 10.2 Å². The number of ether oxygens (including phenoxy) is 1. The van der Waals surface area contributed by atoms with Gasteiger partial charge in [0.2, 0.25) is 5.82 Å². The molecule has 0 spiro atoms. The number of aromatic nitrogens is 1. The lowest BCUT2D eigenvalue weighted by atomic mass is 10.2. The molecular weight excluding hydrogens is 284 g/mol. The first kappa shape index (κ1) is 15.8. The highest BCUT2D eigenvalue weighted by atomic mass is 16.5. The molecule has 0 saturated carbocycles. The summed E-state index contributed by atoms with van der Waals surface area (Å²) in [4.78, 5) is 2.08. The van der Waals surface area contributed by atoms with E-state index in [-0.39, 0.29) is 5.75 Å². The molecule has 0 radical (unpaired) electrons. The molecule has 0 aliphatic heterocycles. The molecule has 0 amide bonds. The van der Waals surface area contributed by atoms with E-state index in [2.05, 4.69) is 20.3 Å². The van der Waals surface area contributed by atoms with Crippen LogP contribution in [0.3, 0.4) is 0 Å². The first-order valence-corrected chi connectivity index (χ1v) is 7.10. The molecule has 0 bridgehead atoms. The van der Waals surface area contributed by atoms with Crippen LogP contribution in [0.4, 0.5) is 17.2 Å². The van der Waals surface area contributed by atoms with Gasteiger partial charge in [-0.3, -0.25) is 0 Å². The minimum absolute atomic E-state index is 0.0340. The van der Waals surface area contributed by atoms with Crippen molar-refractivity contribution in [3.8, 4) is 11.5 Å². The van der Waals surface area contributed by atoms with Crippen molar-refractivity contribution < 1.29 is 14.4 Å². The lowest BCUT2D eigenvalue weighted by Gasteiger charge is -2.23. The predicted molar refractivity (Wildman–Crippen MR) is 83.6 cm³/mol. The Hall–Kier alpha value is -2.57. The number of nitrogens with zero attached hydrogens (tertiary/aromatic N) is 4. The number of phenolic OH excluding ortho intramolecular Hbond substituents is 1. The minimum Gasteiger partial charge on any atom is -0.506 e. The fourth-order valence-electron chi connectivity index (χ4n) is 2.11. The topological polar surface area (TPSA) is 83.5 Å². The second-order valence-electron chi connectivity index (χ2n) is 4.68. The first-order valence-electron chi connectivity index (χ1n) is 7.10. The van der Waals surface area contributed by atoms with Gasteiger partial charge in [-0.05, 0) is 20.8 Å². The van der Waals surface area contributed by atoms with Gasteiger partial charge in [0.1, 0.15) is 22.9 Å². The molecule has 22 heavy (non-hydrogen) atoms. The van der Waals surface area contributed by atoms with Gasteiger partial charge in [-0.2, -0.15) is 0 Å². The lowest BCUT2D eigenvalue weighted by molar-refractivity contribution is 0.399. The summed E-state index contributed by atoms with van der Waals surface area (Å²) in [5.74, 6) is 1.66. The standard InChI is InChI=1S/C15H20N4O3/c1-5-19(6-2)12-9-13(20)11(8-14(12)21-4)16-17-15-7-10(3)22-18-15/h7-9,20H,5-6H2,1-4H3. The van der Waals surface area contributed by atoms with Gasteiger partial charge in [0.05, 0.1) is 12.8 Å². The minimum atomic E-state index is 0.0340. The number of phenols is 1. The molecule has 7 heteroatoms. The first-order chi connectivity index (χ1) is 10.6. The number of aromatic hydroxyl groups is 1. The fourth-order valence-corrected chi connectivity index (χ4v) is 2.11. The van der Waals surface area contributed by atoms with Crippen LogP contribution in [0.1, 0.15) is 19.6 Å². The van der Waals surface area contributed by atoms with Gasteiger partial charge in [0.15, 0.2) is 0 Å². The largest absolute Gasteiger partial charge is 0.506 e. The smallest absolute Gasteiger partial charge is 0.216 e. The average molecular weight is 304 g/mol. The van der Waals surface area contributed by atoms with Gasteiger partial charge in [-0.1, -0.05) is 5.16 Å². The number of rotatable bonds is 6. The zero-order chi connectivity index (χ0) is 16.1. The molecule has 0 unspecified atom stereocenters. The van der Waals surface area contributed by atoms with Gasteiger partial charge in [0, 0.05) is 31.3 Å². The normalized spacial score (nSPS) is 11.1. The van der Waals surface area contributed by atoms with Crippen LogP contribution < -0.4 is 9.64 Å². The third-order valence-electron chi connectivity index (χ3n) is 3.26. The summed E-state index contributed by atoms with van der Waals surface area (Å²) in [7, 11) is 1.58. The van der Waals surface area contributed by atoms with Gasteiger partial charge in [0.25, 0.3) is 0 Å². The molecule has 118 valence electrons. The van der Waals surface area contributed by atoms with Crippen molar-refractivity contribution in [3.63, 3.8) is 0 Å². The lowest BCUT2D eigenvalue weighted by Crippen LogP contribution is -2.22. The Balaban J connectivity index is 2.35. The van der Waals surface area contributed by atoms with Crippen molar-refractivity contribution in [1.82, 2.24) is 5.16 Å². The summed E-state index contributed by atoms with van der Waals surface area (Å²) in [5, 5.41) is 21.8. The highest BCUT2D eigenvalue weighted by Gasteiger charge is 2.14. The van der Waals surface area contributed by atoms with Crippen molar-refractivity contribution in [2.75, 3.05) is 25.1 Å². The van der Waals surface area contributed by atoms with E-state index in [1.54, 1.807) is 32.2 Å². The van der Waals surface area contributed by atoms with Crippen LogP contribution in [0.15, 0.2) is 33.0 Å². The highest BCUT2D eigenvalue weighted by Crippen LogP contribution is 2.39. The number of benzene rings is 1. The van der Waals surface area contributed by atoms with Crippen LogP contribution in [0.5, 0.6) is 11.5 Å². The van der Waals surface area contributed by atoms with Crippen molar-refractivity contribution in [1.29, 1.82) is 0 Å². The average Bonchev–Trinajstić information content (AvgIpc) is 2.93. The van der Waals surface area contributed by atoms with Crippen molar-refractivity contribution in [3.05, 3.63) is 24.0 Å². The van der Waals surface area contributed by atoms with Gasteiger partial charge >= 0.3 is 0 Å². The summed E-state index contributed by atoms with van der Waals surface area (Å²) in [6, 6.07) is 4.94. The molecule has 2 aromatic rings.